The Bertz CT molecular complexity index is 136. The number of hydrogen-bond acceptors (Lipinski definition) is 2. The molecule has 0 unspecified atom stereocenters. The highest BCUT2D eigenvalue weighted by Crippen LogP contribution is 1.95. The monoisotopic (exact) mass is 156 g/mol. The summed E-state index contributed by atoms with van der Waals surface area (Å²) in [6, 6.07) is 0. The second-order valence-electron chi connectivity index (χ2n) is 2.19. The molecule has 0 aliphatic rings. The Morgan fingerprint density at radius 3 is 2.82 bits per heavy atom. The van der Waals surface area contributed by atoms with Gasteiger partial charge in [0, 0.05) is 0 Å². The van der Waals surface area contributed by atoms with E-state index in [1.54, 1.807) is 0 Å². The van der Waals surface area contributed by atoms with Crippen LogP contribution in [-0.4, -0.2) is 18.3 Å². The van der Waals surface area contributed by atoms with Crippen molar-refractivity contribution in [3.8, 4) is 0 Å². The summed E-state index contributed by atoms with van der Waals surface area (Å²) >= 11 is 0. The second-order valence-corrected chi connectivity index (χ2v) is 2.19. The van der Waals surface area contributed by atoms with E-state index < -0.39 is 0 Å². The van der Waals surface area contributed by atoms with Crippen LogP contribution in [0.2, 0.25) is 0 Å². The van der Waals surface area contributed by atoms with Crippen LogP contribution in [0.4, 0.5) is 0 Å². The molecule has 0 saturated carbocycles. The molecular weight excluding hydrogens is 140 g/mol. The van der Waals surface area contributed by atoms with Crippen molar-refractivity contribution < 1.29 is 9.84 Å². The van der Waals surface area contributed by atoms with Crippen molar-refractivity contribution in [1.29, 1.82) is 0 Å². The number of ether oxygens (including phenoxy) is 1. The van der Waals surface area contributed by atoms with Gasteiger partial charge in [-0.2, -0.15) is 0 Å². The molecule has 1 N–H and O–H groups in total. The van der Waals surface area contributed by atoms with Crippen molar-refractivity contribution in [2.75, 3.05) is 13.2 Å². The molecule has 11 heavy (non-hydrogen) atoms. The lowest BCUT2D eigenvalue weighted by Crippen LogP contribution is -1.96. The van der Waals surface area contributed by atoms with Gasteiger partial charge in [0.2, 0.25) is 0 Å². The topological polar surface area (TPSA) is 29.5 Å². The maximum Gasteiger partial charge on any atom is 0.111 e. The molecule has 0 spiro atoms. The van der Waals surface area contributed by atoms with Crippen LogP contribution >= 0.6 is 0 Å². The van der Waals surface area contributed by atoms with Gasteiger partial charge in [0.15, 0.2) is 0 Å². The van der Waals surface area contributed by atoms with Gasteiger partial charge in [-0.15, -0.1) is 0 Å². The largest absolute Gasteiger partial charge is 0.496 e. The lowest BCUT2D eigenvalue weighted by Gasteiger charge is -2.01. The van der Waals surface area contributed by atoms with Gasteiger partial charge in [-0.25, -0.2) is 0 Å². The third-order valence-electron chi connectivity index (χ3n) is 1.12. The van der Waals surface area contributed by atoms with Crippen molar-refractivity contribution in [2.24, 2.45) is 0 Å². The number of allylic oxidation sites excluding steroid dienone is 4. The Morgan fingerprint density at radius 1 is 1.55 bits per heavy atom. The molecule has 0 bridgehead atoms. The van der Waals surface area contributed by atoms with Gasteiger partial charge in [0.1, 0.15) is 6.61 Å². The molecule has 2 heteroatoms. The lowest BCUT2D eigenvalue weighted by atomic mass is 10.4. The number of rotatable bonds is 5. The smallest absolute Gasteiger partial charge is 0.111 e. The van der Waals surface area contributed by atoms with E-state index in [0.717, 1.165) is 12.2 Å². The van der Waals surface area contributed by atoms with E-state index in [-0.39, 0.29) is 6.61 Å². The third-order valence-corrected chi connectivity index (χ3v) is 1.12. The average molecular weight is 156 g/mol. The van der Waals surface area contributed by atoms with Crippen LogP contribution in [0.5, 0.6) is 0 Å². The average Bonchev–Trinajstić information content (AvgIpc) is 2.01. The molecule has 64 valence electrons. The van der Waals surface area contributed by atoms with E-state index in [4.69, 9.17) is 9.84 Å². The highest BCUT2D eigenvalue weighted by atomic mass is 16.5. The summed E-state index contributed by atoms with van der Waals surface area (Å²) in [6.07, 6.45) is 6.92. The van der Waals surface area contributed by atoms with Crippen molar-refractivity contribution in [2.45, 2.75) is 20.3 Å². The fraction of sp³-hybridized carbons (Fsp3) is 0.556. The van der Waals surface area contributed by atoms with E-state index in [9.17, 15) is 0 Å². The second kappa shape index (κ2) is 7.35. The highest BCUT2D eigenvalue weighted by Gasteiger charge is 1.84. The van der Waals surface area contributed by atoms with E-state index >= 15 is 0 Å². The number of aliphatic hydroxyl groups excluding tert-OH is 1. The van der Waals surface area contributed by atoms with Crippen LogP contribution in [0.15, 0.2) is 24.0 Å². The molecule has 0 fully saturated rings. The Morgan fingerprint density at radius 2 is 2.27 bits per heavy atom. The Kier molecular flexibility index (Phi) is 6.84. The summed E-state index contributed by atoms with van der Waals surface area (Å²) in [5.74, 6) is 0.837. The van der Waals surface area contributed by atoms with Crippen LogP contribution in [0.25, 0.3) is 0 Å². The van der Waals surface area contributed by atoms with Crippen LogP contribution in [0.1, 0.15) is 20.3 Å². The molecule has 0 aromatic rings. The molecule has 0 atom stereocenters. The molecule has 0 aliphatic carbocycles. The van der Waals surface area contributed by atoms with Crippen molar-refractivity contribution in [3.63, 3.8) is 0 Å². The summed E-state index contributed by atoms with van der Waals surface area (Å²) < 4.78 is 5.10. The van der Waals surface area contributed by atoms with Gasteiger partial charge < -0.3 is 9.84 Å². The maximum atomic E-state index is 8.42. The Balaban J connectivity index is 3.53. The van der Waals surface area contributed by atoms with Gasteiger partial charge in [-0.1, -0.05) is 19.1 Å². The van der Waals surface area contributed by atoms with E-state index in [1.807, 2.05) is 25.2 Å². The minimum atomic E-state index is 0.0721. The Labute approximate surface area is 68.2 Å². The van der Waals surface area contributed by atoms with Gasteiger partial charge >= 0.3 is 0 Å². The molecule has 0 rings (SSSR count). The predicted octanol–water partition coefficient (Wildman–Crippen LogP) is 1.87. The third kappa shape index (κ3) is 7.13. The van der Waals surface area contributed by atoms with E-state index in [0.29, 0.717) is 6.61 Å². The molecular formula is C9H16O2. The zero-order valence-electron chi connectivity index (χ0n) is 7.21. The van der Waals surface area contributed by atoms with Crippen LogP contribution in [0.3, 0.4) is 0 Å². The zero-order valence-corrected chi connectivity index (χ0v) is 7.21. The molecule has 0 aromatic heterocycles. The predicted molar refractivity (Wildman–Crippen MR) is 46.2 cm³/mol. The van der Waals surface area contributed by atoms with E-state index in [1.165, 1.54) is 0 Å². The fourth-order valence-corrected chi connectivity index (χ4v) is 0.594. The van der Waals surface area contributed by atoms with Gasteiger partial charge in [-0.05, 0) is 19.4 Å². The standard InChI is InChI=1S/C9H16O2/c1-3-4-5-6-9(2)11-8-7-10/h4-6,10H,3,7-8H2,1-2H3/b5-4-,9-6+. The summed E-state index contributed by atoms with van der Waals surface area (Å²) in [5, 5.41) is 8.42. The molecule has 0 radical (unpaired) electrons. The molecule has 0 saturated heterocycles. The fourth-order valence-electron chi connectivity index (χ4n) is 0.594. The Hall–Kier alpha value is -0.760. The molecule has 0 aromatic carbocycles. The van der Waals surface area contributed by atoms with Crippen LogP contribution < -0.4 is 0 Å². The maximum absolute atomic E-state index is 8.42. The first-order valence-corrected chi connectivity index (χ1v) is 3.88. The van der Waals surface area contributed by atoms with Crippen LogP contribution in [-0.2, 0) is 4.74 Å². The SMILES string of the molecule is CC/C=C\C=C(/C)OCCO. The zero-order chi connectivity index (χ0) is 8.53. The summed E-state index contributed by atoms with van der Waals surface area (Å²) in [5.41, 5.74) is 0. The first-order chi connectivity index (χ1) is 5.31. The quantitative estimate of drug-likeness (QED) is 0.486. The summed E-state index contributed by atoms with van der Waals surface area (Å²) in [6.45, 7) is 4.40. The first kappa shape index (κ1) is 10.2. The molecule has 0 aliphatic heterocycles. The van der Waals surface area contributed by atoms with E-state index in [2.05, 4.69) is 6.92 Å². The number of hydrogen-bond donors (Lipinski definition) is 1. The summed E-state index contributed by atoms with van der Waals surface area (Å²) in [7, 11) is 0. The van der Waals surface area contributed by atoms with Crippen molar-refractivity contribution >= 4 is 0 Å². The number of aliphatic hydroxyl groups is 1. The molecule has 0 heterocycles. The van der Waals surface area contributed by atoms with Gasteiger partial charge in [0.05, 0.1) is 12.4 Å². The molecule has 0 amide bonds. The normalized spacial score (nSPS) is 12.5. The first-order valence-electron chi connectivity index (χ1n) is 3.88. The highest BCUT2D eigenvalue weighted by molar-refractivity contribution is 5.05. The molecule has 2 nitrogen and oxygen atoms in total. The minimum Gasteiger partial charge on any atom is -0.496 e. The van der Waals surface area contributed by atoms with Gasteiger partial charge in [0.25, 0.3) is 0 Å². The lowest BCUT2D eigenvalue weighted by molar-refractivity contribution is 0.146. The minimum absolute atomic E-state index is 0.0721. The van der Waals surface area contributed by atoms with Crippen molar-refractivity contribution in [1.82, 2.24) is 0 Å². The van der Waals surface area contributed by atoms with Gasteiger partial charge in [-0.3, -0.25) is 0 Å². The van der Waals surface area contributed by atoms with Crippen LogP contribution in [0, 0.1) is 0 Å². The van der Waals surface area contributed by atoms with Crippen molar-refractivity contribution in [3.05, 3.63) is 24.0 Å². The summed E-state index contributed by atoms with van der Waals surface area (Å²) in [4.78, 5) is 0.